The fraction of sp³-hybridized carbons (Fsp3) is 0.750. The molecule has 126 valence electrons. The number of isocyanates is 3. The van der Waals surface area contributed by atoms with Crippen molar-refractivity contribution in [2.75, 3.05) is 17.3 Å². The maximum atomic E-state index is 8.35. The lowest BCUT2D eigenvalue weighted by Crippen LogP contribution is -1.56. The lowest BCUT2D eigenvalue weighted by Gasteiger charge is -1.67. The van der Waals surface area contributed by atoms with E-state index < -0.39 is 0 Å². The van der Waals surface area contributed by atoms with Crippen molar-refractivity contribution in [2.24, 2.45) is 0 Å². The van der Waals surface area contributed by atoms with Gasteiger partial charge in [0, 0.05) is 0 Å². The van der Waals surface area contributed by atoms with Crippen molar-refractivity contribution in [1.82, 2.24) is 0 Å². The summed E-state index contributed by atoms with van der Waals surface area (Å²) in [4.78, 5) is 25.0. The molecule has 3 N–H and O–H groups in total. The number of nitrogens with one attached hydrogen (secondary N) is 3. The van der Waals surface area contributed by atoms with E-state index in [1.807, 2.05) is 0 Å². The van der Waals surface area contributed by atoms with E-state index in [4.69, 9.17) is 30.6 Å². The molecule has 0 heterocycles. The molecule has 9 heteroatoms. The summed E-state index contributed by atoms with van der Waals surface area (Å²) in [5.74, 6) is 3.04. The molecular weight excluding hydrogens is 330 g/mol. The van der Waals surface area contributed by atoms with Crippen molar-refractivity contribution in [3.05, 3.63) is 0 Å². The summed E-state index contributed by atoms with van der Waals surface area (Å²) in [5.41, 5.74) is 0. The summed E-state index contributed by atoms with van der Waals surface area (Å²) >= 11 is 11.8. The summed E-state index contributed by atoms with van der Waals surface area (Å²) in [6.07, 6.45) is 5.80. The Morgan fingerprint density at radius 3 is 0.667 bits per heavy atom. The van der Waals surface area contributed by atoms with Crippen molar-refractivity contribution in [2.45, 2.75) is 40.0 Å². The number of carbonyl (C=O) groups excluding carboxylic acids is 3. The third-order valence-corrected chi connectivity index (χ3v) is 2.01. The van der Waals surface area contributed by atoms with Gasteiger partial charge in [-0.25, -0.2) is 30.6 Å². The van der Waals surface area contributed by atoms with Gasteiger partial charge in [0.05, 0.1) is 0 Å². The lowest BCUT2D eigenvalue weighted by molar-refractivity contribution is 0.562. The normalized spacial score (nSPS) is 5.43. The van der Waals surface area contributed by atoms with Crippen LogP contribution in [0.4, 0.5) is 0 Å². The summed E-state index contributed by atoms with van der Waals surface area (Å²) in [6.45, 7) is 6.31. The smallest absolute Gasteiger partial charge is 0.222 e. The van der Waals surface area contributed by atoms with Crippen LogP contribution in [0.2, 0.25) is 0 Å². The maximum Gasteiger partial charge on any atom is 0.231 e. The van der Waals surface area contributed by atoms with Crippen LogP contribution in [0, 0.1) is 16.2 Å². The molecule has 0 aliphatic carbocycles. The summed E-state index contributed by atoms with van der Waals surface area (Å²) in [5, 5.41) is 16.2. The second-order valence-corrected chi connectivity index (χ2v) is 3.82. The van der Waals surface area contributed by atoms with Crippen LogP contribution in [0.5, 0.6) is 0 Å². The van der Waals surface area contributed by atoms with Crippen LogP contribution >= 0.6 is 37.9 Å². The molecule has 6 nitrogen and oxygen atoms in total. The molecule has 21 heavy (non-hydrogen) atoms. The average molecular weight is 358 g/mol. The molecule has 0 radical (unpaired) electrons. The van der Waals surface area contributed by atoms with E-state index in [1.165, 1.54) is 19.3 Å². The van der Waals surface area contributed by atoms with Gasteiger partial charge in [0.25, 0.3) is 0 Å². The Balaban J connectivity index is -0.0000000324. The van der Waals surface area contributed by atoms with Gasteiger partial charge in [-0.2, -0.15) is 37.9 Å². The molecule has 0 amide bonds. The van der Waals surface area contributed by atoms with Gasteiger partial charge in [-0.05, 0) is 36.5 Å². The maximum absolute atomic E-state index is 8.35. The first-order valence-corrected chi connectivity index (χ1v) is 7.83. The molecule has 0 saturated carbocycles. The van der Waals surface area contributed by atoms with Crippen LogP contribution in [0.3, 0.4) is 0 Å². The minimum absolute atomic E-state index is 0.750. The quantitative estimate of drug-likeness (QED) is 0.262. The van der Waals surface area contributed by atoms with Gasteiger partial charge in [0.1, 0.15) is 0 Å². The van der Waals surface area contributed by atoms with Gasteiger partial charge in [0.2, 0.25) is 18.2 Å². The Kier molecular flexibility index (Phi) is 166. The molecule has 0 aliphatic rings. The molecule has 0 bridgehead atoms. The van der Waals surface area contributed by atoms with Crippen LogP contribution in [0.15, 0.2) is 0 Å². The van der Waals surface area contributed by atoms with E-state index in [1.54, 1.807) is 0 Å². The number of hydrogen-bond acceptors (Lipinski definition) is 9. The zero-order valence-corrected chi connectivity index (χ0v) is 15.5. The highest BCUT2D eigenvalue weighted by molar-refractivity contribution is 7.80. The van der Waals surface area contributed by atoms with E-state index >= 15 is 0 Å². The minimum Gasteiger partial charge on any atom is -0.222 e. The zero-order valence-electron chi connectivity index (χ0n) is 12.8. The molecular formula is C12H27N3O3S3. The van der Waals surface area contributed by atoms with Gasteiger partial charge in [-0.1, -0.05) is 20.8 Å². The van der Waals surface area contributed by atoms with Crippen molar-refractivity contribution in [3.63, 3.8) is 0 Å². The Hall–Kier alpha value is -0.810. The largest absolute Gasteiger partial charge is 0.231 e. The van der Waals surface area contributed by atoms with Crippen LogP contribution < -0.4 is 0 Å². The first-order chi connectivity index (χ1) is 9.99. The standard InChI is InChI=1S/3C3H8S.3CHNO/c3*1-2-3-4;3*2-1-3/h3*4H,2-3H2,1H3;3*2H. The summed E-state index contributed by atoms with van der Waals surface area (Å²) in [7, 11) is 0. The van der Waals surface area contributed by atoms with E-state index in [9.17, 15) is 0 Å². The molecule has 0 aliphatic heterocycles. The molecule has 0 atom stereocenters. The Labute approximate surface area is 144 Å². The second kappa shape index (κ2) is 94.7. The van der Waals surface area contributed by atoms with E-state index in [0.717, 1.165) is 35.5 Å². The molecule has 0 rings (SSSR count). The van der Waals surface area contributed by atoms with Gasteiger partial charge < -0.3 is 0 Å². The number of hydrogen-bond donors (Lipinski definition) is 6. The fourth-order valence-corrected chi connectivity index (χ4v) is 0. The van der Waals surface area contributed by atoms with Crippen LogP contribution in [0.25, 0.3) is 0 Å². The molecule has 0 unspecified atom stereocenters. The Morgan fingerprint density at radius 1 is 0.619 bits per heavy atom. The predicted molar refractivity (Wildman–Crippen MR) is 97.7 cm³/mol. The van der Waals surface area contributed by atoms with E-state index in [2.05, 4.69) is 58.7 Å². The highest BCUT2D eigenvalue weighted by Gasteiger charge is 1.57. The average Bonchev–Trinajstić information content (AvgIpc) is 2.50. The van der Waals surface area contributed by atoms with Gasteiger partial charge >= 0.3 is 0 Å². The molecule has 0 fully saturated rings. The van der Waals surface area contributed by atoms with Crippen LogP contribution in [-0.2, 0) is 14.4 Å². The molecule has 0 aromatic carbocycles. The molecule has 0 saturated heterocycles. The van der Waals surface area contributed by atoms with Crippen molar-refractivity contribution in [1.29, 1.82) is 16.2 Å². The molecule has 0 aromatic rings. The van der Waals surface area contributed by atoms with Crippen LogP contribution in [-0.4, -0.2) is 35.5 Å². The predicted octanol–water partition coefficient (Wildman–Crippen LogP) is 3.68. The number of rotatable bonds is 3. The van der Waals surface area contributed by atoms with Gasteiger partial charge in [-0.3, -0.25) is 0 Å². The van der Waals surface area contributed by atoms with Crippen molar-refractivity contribution >= 4 is 56.1 Å². The van der Waals surface area contributed by atoms with Gasteiger partial charge in [-0.15, -0.1) is 0 Å². The third-order valence-electron chi connectivity index (χ3n) is 0.671. The van der Waals surface area contributed by atoms with E-state index in [-0.39, 0.29) is 0 Å². The highest BCUT2D eigenvalue weighted by Crippen LogP contribution is 1.75. The van der Waals surface area contributed by atoms with E-state index in [0.29, 0.717) is 0 Å². The Bertz CT molecular complexity index is 181. The summed E-state index contributed by atoms with van der Waals surface area (Å²) in [6, 6.07) is 0. The molecule has 0 spiro atoms. The lowest BCUT2D eigenvalue weighted by atomic mass is 10.6. The topological polar surface area (TPSA) is 123 Å². The second-order valence-electron chi connectivity index (χ2n) is 2.48. The fourth-order valence-electron chi connectivity index (χ4n) is 0. The first-order valence-electron chi connectivity index (χ1n) is 5.93. The number of thiol groups is 3. The molecule has 0 aromatic heterocycles. The Morgan fingerprint density at radius 2 is 0.667 bits per heavy atom. The van der Waals surface area contributed by atoms with Crippen molar-refractivity contribution in [3.8, 4) is 0 Å². The monoisotopic (exact) mass is 357 g/mol. The van der Waals surface area contributed by atoms with Crippen molar-refractivity contribution < 1.29 is 14.4 Å². The highest BCUT2D eigenvalue weighted by atomic mass is 32.1. The third kappa shape index (κ3) is 1180. The zero-order chi connectivity index (χ0) is 18.4. The van der Waals surface area contributed by atoms with Gasteiger partial charge in [0.15, 0.2) is 0 Å². The summed E-state index contributed by atoms with van der Waals surface area (Å²) < 4.78 is 0. The minimum atomic E-state index is 0.750. The SMILES string of the molecule is CCCS.CCCS.CCCS.N=C=O.N=C=O.N=C=O. The van der Waals surface area contributed by atoms with Crippen LogP contribution in [0.1, 0.15) is 40.0 Å². The first kappa shape index (κ1) is 36.9.